The summed E-state index contributed by atoms with van der Waals surface area (Å²) in [6, 6.07) is 18.7. The number of benzene rings is 2. The van der Waals surface area contributed by atoms with Crippen molar-refractivity contribution in [3.63, 3.8) is 0 Å². The van der Waals surface area contributed by atoms with E-state index in [4.69, 9.17) is 0 Å². The lowest BCUT2D eigenvalue weighted by Gasteiger charge is -2.41. The standard InChI is InChI=1S/C25H29N3O.2ClH/c1-2-3-11-22-19-28(16-15-27(22)18-20-8-7-14-26-17-20)25(29)24-13-6-10-21-9-4-5-12-23(21)24;;/h4-10,12-14,17,22H,2-3,11,15-16,18-19H2,1H3;2*1H. The summed E-state index contributed by atoms with van der Waals surface area (Å²) in [5.74, 6) is 0.157. The molecule has 1 fully saturated rings. The highest BCUT2D eigenvalue weighted by atomic mass is 35.5. The molecule has 1 aliphatic heterocycles. The predicted molar refractivity (Wildman–Crippen MR) is 132 cm³/mol. The summed E-state index contributed by atoms with van der Waals surface area (Å²) in [7, 11) is 0. The molecule has 0 N–H and O–H groups in total. The molecule has 4 rings (SSSR count). The first-order valence-corrected chi connectivity index (χ1v) is 10.7. The fraction of sp³-hybridized carbons (Fsp3) is 0.360. The van der Waals surface area contributed by atoms with E-state index in [1.807, 2.05) is 42.7 Å². The zero-order valence-corrected chi connectivity index (χ0v) is 19.6. The maximum atomic E-state index is 13.4. The molecule has 0 radical (unpaired) electrons. The highest BCUT2D eigenvalue weighted by Gasteiger charge is 2.30. The number of hydrogen-bond donors (Lipinski definition) is 0. The van der Waals surface area contributed by atoms with E-state index in [-0.39, 0.29) is 30.7 Å². The topological polar surface area (TPSA) is 36.4 Å². The van der Waals surface area contributed by atoms with Gasteiger partial charge in [-0.05, 0) is 34.9 Å². The van der Waals surface area contributed by atoms with Gasteiger partial charge < -0.3 is 4.90 Å². The number of fused-ring (bicyclic) bond motifs is 1. The number of unbranched alkanes of at least 4 members (excludes halogenated alkanes) is 1. The summed E-state index contributed by atoms with van der Waals surface area (Å²) in [6.07, 6.45) is 7.25. The highest BCUT2D eigenvalue weighted by molar-refractivity contribution is 6.07. The molecule has 0 spiro atoms. The fourth-order valence-electron chi connectivity index (χ4n) is 4.31. The Morgan fingerprint density at radius 3 is 2.61 bits per heavy atom. The van der Waals surface area contributed by atoms with Crippen LogP contribution in [0.3, 0.4) is 0 Å². The molecule has 1 saturated heterocycles. The lowest BCUT2D eigenvalue weighted by Crippen LogP contribution is -2.54. The Morgan fingerprint density at radius 2 is 1.84 bits per heavy atom. The monoisotopic (exact) mass is 459 g/mol. The molecule has 1 unspecified atom stereocenters. The summed E-state index contributed by atoms with van der Waals surface area (Å²) in [6.45, 7) is 5.60. The number of halogens is 2. The maximum absolute atomic E-state index is 13.4. The third-order valence-electron chi connectivity index (χ3n) is 5.91. The summed E-state index contributed by atoms with van der Waals surface area (Å²) in [4.78, 5) is 22.2. The van der Waals surface area contributed by atoms with Crippen molar-refractivity contribution >= 4 is 41.5 Å². The van der Waals surface area contributed by atoms with Gasteiger partial charge in [-0.25, -0.2) is 0 Å². The van der Waals surface area contributed by atoms with Crippen LogP contribution in [-0.2, 0) is 6.54 Å². The largest absolute Gasteiger partial charge is 0.336 e. The lowest BCUT2D eigenvalue weighted by molar-refractivity contribution is 0.0436. The molecule has 6 heteroatoms. The Balaban J connectivity index is 0.00000171. The van der Waals surface area contributed by atoms with E-state index in [0.29, 0.717) is 6.04 Å². The third kappa shape index (κ3) is 5.97. The lowest BCUT2D eigenvalue weighted by atomic mass is 10.0. The molecule has 1 aliphatic rings. The van der Waals surface area contributed by atoms with Gasteiger partial charge in [0.15, 0.2) is 0 Å². The van der Waals surface area contributed by atoms with Gasteiger partial charge in [0, 0.05) is 50.2 Å². The van der Waals surface area contributed by atoms with Crippen molar-refractivity contribution in [3.05, 3.63) is 78.1 Å². The predicted octanol–water partition coefficient (Wildman–Crippen LogP) is 5.60. The average Bonchev–Trinajstić information content (AvgIpc) is 2.78. The van der Waals surface area contributed by atoms with E-state index in [2.05, 4.69) is 46.0 Å². The number of piperazine rings is 1. The second-order valence-electron chi connectivity index (χ2n) is 7.91. The first-order chi connectivity index (χ1) is 14.3. The summed E-state index contributed by atoms with van der Waals surface area (Å²) in [5.41, 5.74) is 2.06. The Kier molecular flexibility index (Phi) is 9.76. The van der Waals surface area contributed by atoms with Crippen molar-refractivity contribution in [2.24, 2.45) is 0 Å². The summed E-state index contributed by atoms with van der Waals surface area (Å²) in [5, 5.41) is 2.17. The molecule has 0 bridgehead atoms. The number of rotatable bonds is 6. The van der Waals surface area contributed by atoms with Crippen LogP contribution in [0, 0.1) is 0 Å². The number of nitrogens with zero attached hydrogens (tertiary/aromatic N) is 3. The van der Waals surface area contributed by atoms with Gasteiger partial charge in [-0.3, -0.25) is 14.7 Å². The number of aromatic nitrogens is 1. The average molecular weight is 460 g/mol. The van der Waals surface area contributed by atoms with Crippen LogP contribution in [0.1, 0.15) is 42.1 Å². The molecule has 2 aromatic carbocycles. The van der Waals surface area contributed by atoms with Gasteiger partial charge >= 0.3 is 0 Å². The number of hydrogen-bond acceptors (Lipinski definition) is 3. The minimum atomic E-state index is 0. The molecule has 31 heavy (non-hydrogen) atoms. The van der Waals surface area contributed by atoms with Crippen LogP contribution in [0.2, 0.25) is 0 Å². The number of carbonyl (C=O) groups excluding carboxylic acids is 1. The van der Waals surface area contributed by atoms with Crippen molar-refractivity contribution in [2.75, 3.05) is 19.6 Å². The minimum Gasteiger partial charge on any atom is -0.336 e. The van der Waals surface area contributed by atoms with E-state index in [0.717, 1.165) is 48.9 Å². The molecule has 0 aliphatic carbocycles. The number of pyridine rings is 1. The van der Waals surface area contributed by atoms with Crippen LogP contribution in [0.25, 0.3) is 10.8 Å². The van der Waals surface area contributed by atoms with Gasteiger partial charge in [0.2, 0.25) is 0 Å². The van der Waals surface area contributed by atoms with Crippen molar-refractivity contribution in [1.82, 2.24) is 14.8 Å². The normalized spacial score (nSPS) is 16.4. The number of amides is 1. The van der Waals surface area contributed by atoms with E-state index in [1.165, 1.54) is 18.4 Å². The van der Waals surface area contributed by atoms with Gasteiger partial charge in [-0.2, -0.15) is 0 Å². The minimum absolute atomic E-state index is 0. The molecule has 1 aromatic heterocycles. The van der Waals surface area contributed by atoms with Crippen molar-refractivity contribution in [1.29, 1.82) is 0 Å². The molecule has 1 amide bonds. The van der Waals surface area contributed by atoms with Crippen LogP contribution in [-0.4, -0.2) is 46.4 Å². The second-order valence-corrected chi connectivity index (χ2v) is 7.91. The fourth-order valence-corrected chi connectivity index (χ4v) is 4.31. The van der Waals surface area contributed by atoms with E-state index in [9.17, 15) is 4.79 Å². The molecular weight excluding hydrogens is 429 g/mol. The van der Waals surface area contributed by atoms with Gasteiger partial charge in [0.05, 0.1) is 0 Å². The van der Waals surface area contributed by atoms with Crippen molar-refractivity contribution in [3.8, 4) is 0 Å². The highest BCUT2D eigenvalue weighted by Crippen LogP contribution is 2.23. The second kappa shape index (κ2) is 12.0. The number of carbonyl (C=O) groups is 1. The summed E-state index contributed by atoms with van der Waals surface area (Å²) < 4.78 is 0. The third-order valence-corrected chi connectivity index (χ3v) is 5.91. The van der Waals surface area contributed by atoms with Crippen molar-refractivity contribution in [2.45, 2.75) is 38.8 Å². The molecule has 3 aromatic rings. The SMILES string of the molecule is CCCCC1CN(C(=O)c2cccc3ccccc23)CCN1Cc1cccnc1.Cl.Cl. The first kappa shape index (κ1) is 25.1. The van der Waals surface area contributed by atoms with Crippen LogP contribution in [0.15, 0.2) is 67.0 Å². The van der Waals surface area contributed by atoms with E-state index in [1.54, 1.807) is 0 Å². The van der Waals surface area contributed by atoms with Gasteiger partial charge in [0.25, 0.3) is 5.91 Å². The Morgan fingerprint density at radius 1 is 1.03 bits per heavy atom. The van der Waals surface area contributed by atoms with Crippen LogP contribution in [0.5, 0.6) is 0 Å². The Labute approximate surface area is 197 Å². The molecule has 4 nitrogen and oxygen atoms in total. The summed E-state index contributed by atoms with van der Waals surface area (Å²) >= 11 is 0. The molecule has 0 saturated carbocycles. The quantitative estimate of drug-likeness (QED) is 0.481. The molecular formula is C25H31Cl2N3O. The molecule has 166 valence electrons. The molecule has 2 heterocycles. The maximum Gasteiger partial charge on any atom is 0.254 e. The Hall–Kier alpha value is -2.14. The van der Waals surface area contributed by atoms with Crippen LogP contribution < -0.4 is 0 Å². The van der Waals surface area contributed by atoms with Crippen LogP contribution in [0.4, 0.5) is 0 Å². The van der Waals surface area contributed by atoms with Gasteiger partial charge in [-0.1, -0.05) is 62.2 Å². The van der Waals surface area contributed by atoms with Gasteiger partial charge in [0.1, 0.15) is 0 Å². The zero-order valence-electron chi connectivity index (χ0n) is 17.9. The Bertz CT molecular complexity index is 962. The van der Waals surface area contributed by atoms with E-state index >= 15 is 0 Å². The zero-order chi connectivity index (χ0) is 20.1. The van der Waals surface area contributed by atoms with E-state index < -0.39 is 0 Å². The van der Waals surface area contributed by atoms with Crippen LogP contribution >= 0.6 is 24.8 Å². The first-order valence-electron chi connectivity index (χ1n) is 10.7. The van der Waals surface area contributed by atoms with Gasteiger partial charge in [-0.15, -0.1) is 24.8 Å². The van der Waals surface area contributed by atoms with Crippen molar-refractivity contribution < 1.29 is 4.79 Å². The molecule has 1 atom stereocenters. The smallest absolute Gasteiger partial charge is 0.254 e.